The van der Waals surface area contributed by atoms with Crippen LogP contribution in [0.3, 0.4) is 0 Å². The average molecular weight is 446 g/mol. The Labute approximate surface area is 196 Å². The quantitative estimate of drug-likeness (QED) is 0.300. The van der Waals surface area contributed by atoms with Gasteiger partial charge in [-0.1, -0.05) is 6.07 Å². The molecule has 0 bridgehead atoms. The van der Waals surface area contributed by atoms with Crippen molar-refractivity contribution < 1.29 is 0 Å². The van der Waals surface area contributed by atoms with E-state index in [0.717, 1.165) is 61.3 Å². The third-order valence-electron chi connectivity index (χ3n) is 5.87. The van der Waals surface area contributed by atoms with Crippen molar-refractivity contribution in [1.29, 1.82) is 0 Å². The fourth-order valence-corrected chi connectivity index (χ4v) is 4.35. The predicted molar refractivity (Wildman–Crippen MR) is 136 cm³/mol. The highest BCUT2D eigenvalue weighted by Crippen LogP contribution is 2.34. The van der Waals surface area contributed by atoms with Gasteiger partial charge in [-0.15, -0.1) is 0 Å². The first kappa shape index (κ1) is 20.1. The number of aromatic nitrogens is 6. The summed E-state index contributed by atoms with van der Waals surface area (Å²) in [4.78, 5) is 16.6. The Morgan fingerprint density at radius 3 is 2.53 bits per heavy atom. The molecule has 34 heavy (non-hydrogen) atoms. The molecule has 0 fully saturated rings. The lowest BCUT2D eigenvalue weighted by molar-refractivity contribution is 0.898. The molecule has 1 aromatic carbocycles. The Morgan fingerprint density at radius 1 is 0.794 bits per heavy atom. The van der Waals surface area contributed by atoms with Gasteiger partial charge in [-0.3, -0.25) is 15.1 Å². The minimum absolute atomic E-state index is 0.340. The standard InChI is InChI=1S/C27H23N7/c1-16(2)31-20-11-19(14-29-15-20)18-3-4-24-23(12-18)26(34-33-24)25-13-22-21(7-10-30-27(22)32-25)17-5-8-28-9-6-17/h3-16,31H,1-2H3,(H,30,32)(H,33,34). The monoisotopic (exact) mass is 445 g/mol. The molecular formula is C27H23N7. The zero-order chi connectivity index (χ0) is 23.1. The van der Waals surface area contributed by atoms with Crippen molar-refractivity contribution in [3.05, 3.63) is 79.5 Å². The fourth-order valence-electron chi connectivity index (χ4n) is 4.35. The number of hydrogen-bond donors (Lipinski definition) is 3. The van der Waals surface area contributed by atoms with Crippen LogP contribution in [0.2, 0.25) is 0 Å². The van der Waals surface area contributed by atoms with Crippen LogP contribution in [0.1, 0.15) is 13.8 Å². The molecule has 6 aromatic rings. The largest absolute Gasteiger partial charge is 0.382 e. The van der Waals surface area contributed by atoms with Crippen molar-refractivity contribution >= 4 is 27.6 Å². The van der Waals surface area contributed by atoms with Crippen LogP contribution in [0.5, 0.6) is 0 Å². The van der Waals surface area contributed by atoms with Crippen molar-refractivity contribution in [2.24, 2.45) is 0 Å². The molecule has 0 aliphatic rings. The molecule has 0 amide bonds. The fraction of sp³-hybridized carbons (Fsp3) is 0.111. The maximum atomic E-state index is 4.63. The summed E-state index contributed by atoms with van der Waals surface area (Å²) in [5.74, 6) is 0. The third-order valence-corrected chi connectivity index (χ3v) is 5.87. The lowest BCUT2D eigenvalue weighted by Crippen LogP contribution is -2.09. The van der Waals surface area contributed by atoms with E-state index in [1.54, 1.807) is 12.4 Å². The van der Waals surface area contributed by atoms with E-state index in [4.69, 9.17) is 0 Å². The molecule has 166 valence electrons. The van der Waals surface area contributed by atoms with E-state index in [9.17, 15) is 0 Å². The number of nitrogens with one attached hydrogen (secondary N) is 3. The molecule has 3 N–H and O–H groups in total. The molecule has 0 aliphatic heterocycles. The van der Waals surface area contributed by atoms with Crippen LogP contribution in [-0.4, -0.2) is 36.2 Å². The van der Waals surface area contributed by atoms with Crippen LogP contribution in [0.4, 0.5) is 5.69 Å². The summed E-state index contributed by atoms with van der Waals surface area (Å²) in [6, 6.07) is 16.9. The Hall–Kier alpha value is -4.52. The summed E-state index contributed by atoms with van der Waals surface area (Å²) < 4.78 is 0. The van der Waals surface area contributed by atoms with Crippen molar-refractivity contribution in [3.63, 3.8) is 0 Å². The summed E-state index contributed by atoms with van der Waals surface area (Å²) in [5.41, 5.74) is 8.93. The highest BCUT2D eigenvalue weighted by Gasteiger charge is 2.15. The number of aromatic amines is 2. The summed E-state index contributed by atoms with van der Waals surface area (Å²) in [7, 11) is 0. The van der Waals surface area contributed by atoms with Gasteiger partial charge in [0.2, 0.25) is 0 Å². The lowest BCUT2D eigenvalue weighted by Gasteiger charge is -2.11. The topological polar surface area (TPSA) is 95.2 Å². The van der Waals surface area contributed by atoms with E-state index in [0.29, 0.717) is 6.04 Å². The Balaban J connectivity index is 1.45. The van der Waals surface area contributed by atoms with E-state index in [1.165, 1.54) is 0 Å². The molecule has 0 saturated carbocycles. The van der Waals surface area contributed by atoms with Crippen LogP contribution in [0, 0.1) is 0 Å². The van der Waals surface area contributed by atoms with Crippen LogP contribution in [-0.2, 0) is 0 Å². The average Bonchev–Trinajstić information content (AvgIpc) is 3.48. The summed E-state index contributed by atoms with van der Waals surface area (Å²) >= 11 is 0. The number of nitrogens with zero attached hydrogens (tertiary/aromatic N) is 4. The zero-order valence-corrected chi connectivity index (χ0v) is 18.9. The molecule has 0 atom stereocenters. The highest BCUT2D eigenvalue weighted by molar-refractivity contribution is 6.00. The molecule has 6 rings (SSSR count). The van der Waals surface area contributed by atoms with Gasteiger partial charge in [-0.05, 0) is 73.0 Å². The smallest absolute Gasteiger partial charge is 0.138 e. The second-order valence-corrected chi connectivity index (χ2v) is 8.63. The van der Waals surface area contributed by atoms with Crippen LogP contribution >= 0.6 is 0 Å². The number of fused-ring (bicyclic) bond motifs is 2. The van der Waals surface area contributed by atoms with E-state index in [2.05, 4.69) is 79.6 Å². The molecule has 0 aliphatic carbocycles. The number of benzene rings is 1. The van der Waals surface area contributed by atoms with Gasteiger partial charge in [0.1, 0.15) is 11.3 Å². The van der Waals surface area contributed by atoms with Gasteiger partial charge in [-0.25, -0.2) is 4.98 Å². The molecule has 0 saturated heterocycles. The first-order valence-electron chi connectivity index (χ1n) is 11.2. The van der Waals surface area contributed by atoms with Crippen molar-refractivity contribution in [2.45, 2.75) is 19.9 Å². The number of hydrogen-bond acceptors (Lipinski definition) is 5. The van der Waals surface area contributed by atoms with Gasteiger partial charge in [0.25, 0.3) is 0 Å². The van der Waals surface area contributed by atoms with Crippen LogP contribution < -0.4 is 5.32 Å². The highest BCUT2D eigenvalue weighted by atomic mass is 15.1. The molecule has 5 aromatic heterocycles. The van der Waals surface area contributed by atoms with E-state index in [1.807, 2.05) is 36.8 Å². The second kappa shape index (κ2) is 8.12. The van der Waals surface area contributed by atoms with Gasteiger partial charge in [0.15, 0.2) is 0 Å². The van der Waals surface area contributed by atoms with E-state index < -0.39 is 0 Å². The summed E-state index contributed by atoms with van der Waals surface area (Å²) in [5, 5.41) is 13.3. The lowest BCUT2D eigenvalue weighted by atomic mass is 10.0. The maximum Gasteiger partial charge on any atom is 0.138 e. The maximum absolute atomic E-state index is 4.63. The van der Waals surface area contributed by atoms with Gasteiger partial charge in [-0.2, -0.15) is 5.10 Å². The number of anilines is 1. The molecule has 0 spiro atoms. The van der Waals surface area contributed by atoms with Crippen molar-refractivity contribution in [2.75, 3.05) is 5.32 Å². The first-order valence-corrected chi connectivity index (χ1v) is 11.2. The van der Waals surface area contributed by atoms with E-state index >= 15 is 0 Å². The zero-order valence-electron chi connectivity index (χ0n) is 18.9. The van der Waals surface area contributed by atoms with Gasteiger partial charge in [0, 0.05) is 53.4 Å². The van der Waals surface area contributed by atoms with Gasteiger partial charge >= 0.3 is 0 Å². The summed E-state index contributed by atoms with van der Waals surface area (Å²) in [6.07, 6.45) is 9.17. The number of rotatable bonds is 5. The second-order valence-electron chi connectivity index (χ2n) is 8.63. The Morgan fingerprint density at radius 2 is 1.68 bits per heavy atom. The van der Waals surface area contributed by atoms with Crippen molar-refractivity contribution in [3.8, 4) is 33.6 Å². The predicted octanol–water partition coefficient (Wildman–Crippen LogP) is 6.05. The molecule has 5 heterocycles. The molecule has 0 unspecified atom stereocenters. The minimum atomic E-state index is 0.340. The molecular weight excluding hydrogens is 422 g/mol. The van der Waals surface area contributed by atoms with E-state index in [-0.39, 0.29) is 0 Å². The van der Waals surface area contributed by atoms with Crippen LogP contribution in [0.25, 0.3) is 55.6 Å². The number of pyridine rings is 3. The Bertz CT molecular complexity index is 1610. The van der Waals surface area contributed by atoms with Gasteiger partial charge in [0.05, 0.1) is 16.9 Å². The van der Waals surface area contributed by atoms with Crippen molar-refractivity contribution in [1.82, 2.24) is 30.1 Å². The first-order chi connectivity index (χ1) is 16.7. The normalized spacial score (nSPS) is 11.5. The van der Waals surface area contributed by atoms with Gasteiger partial charge < -0.3 is 10.3 Å². The minimum Gasteiger partial charge on any atom is -0.382 e. The molecule has 0 radical (unpaired) electrons. The SMILES string of the molecule is CC(C)Nc1cncc(-c2ccc3[nH]nc(-c4cc5c(-c6ccncc6)ccnc5[nH]4)c3c2)c1. The molecule has 7 heteroatoms. The Kier molecular flexibility index (Phi) is 4.80. The number of H-pyrrole nitrogens is 2. The summed E-state index contributed by atoms with van der Waals surface area (Å²) in [6.45, 7) is 4.23. The molecule has 7 nitrogen and oxygen atoms in total. The van der Waals surface area contributed by atoms with Crippen LogP contribution in [0.15, 0.2) is 79.5 Å². The third kappa shape index (κ3) is 3.57.